The van der Waals surface area contributed by atoms with Crippen molar-refractivity contribution in [2.75, 3.05) is 7.11 Å². The zero-order chi connectivity index (χ0) is 18.1. The van der Waals surface area contributed by atoms with Crippen molar-refractivity contribution in [2.24, 2.45) is 0 Å². The molecule has 3 heterocycles. The molecule has 0 spiro atoms. The summed E-state index contributed by atoms with van der Waals surface area (Å²) in [6.07, 6.45) is 1.87. The maximum absolute atomic E-state index is 12.7. The number of benzene rings is 1. The molecule has 1 N–H and O–H groups in total. The summed E-state index contributed by atoms with van der Waals surface area (Å²) in [5.74, 6) is 0.782. The minimum atomic E-state index is -0.334. The number of hydrogen-bond donors (Lipinski definition) is 1. The third-order valence-corrected chi connectivity index (χ3v) is 4.21. The van der Waals surface area contributed by atoms with Crippen molar-refractivity contribution >= 4 is 22.3 Å². The van der Waals surface area contributed by atoms with Crippen LogP contribution >= 0.6 is 0 Å². The van der Waals surface area contributed by atoms with Crippen molar-refractivity contribution in [3.05, 3.63) is 66.2 Å². The summed E-state index contributed by atoms with van der Waals surface area (Å²) in [6, 6.07) is 14.7. The number of rotatable bonds is 4. The van der Waals surface area contributed by atoms with Crippen LogP contribution in [0, 0.1) is 0 Å². The van der Waals surface area contributed by atoms with E-state index < -0.39 is 0 Å². The molecule has 1 unspecified atom stereocenters. The minimum Gasteiger partial charge on any atom is -0.481 e. The zero-order valence-corrected chi connectivity index (χ0v) is 14.4. The van der Waals surface area contributed by atoms with Crippen molar-refractivity contribution in [1.29, 1.82) is 0 Å². The zero-order valence-electron chi connectivity index (χ0n) is 14.4. The lowest BCUT2D eigenvalue weighted by molar-refractivity contribution is 0.0932. The van der Waals surface area contributed by atoms with E-state index in [4.69, 9.17) is 4.74 Å². The van der Waals surface area contributed by atoms with Gasteiger partial charge in [-0.05, 0) is 36.6 Å². The first-order valence-corrected chi connectivity index (χ1v) is 8.21. The predicted molar refractivity (Wildman–Crippen MR) is 97.2 cm³/mol. The molecule has 1 atom stereocenters. The third-order valence-electron chi connectivity index (χ3n) is 4.21. The van der Waals surface area contributed by atoms with Crippen molar-refractivity contribution < 1.29 is 9.53 Å². The Morgan fingerprint density at radius 3 is 2.81 bits per heavy atom. The fourth-order valence-corrected chi connectivity index (χ4v) is 2.93. The summed E-state index contributed by atoms with van der Waals surface area (Å²) in [6.45, 7) is 1.86. The molecule has 0 aliphatic rings. The Hall–Kier alpha value is -3.48. The summed E-state index contributed by atoms with van der Waals surface area (Å²) < 4.78 is 7.18. The van der Waals surface area contributed by atoms with E-state index in [1.807, 2.05) is 60.0 Å². The van der Waals surface area contributed by atoms with Crippen molar-refractivity contribution in [3.63, 3.8) is 0 Å². The lowest BCUT2D eigenvalue weighted by Crippen LogP contribution is -2.28. The van der Waals surface area contributed by atoms with Crippen molar-refractivity contribution in [3.8, 4) is 5.88 Å². The highest BCUT2D eigenvalue weighted by Gasteiger charge is 2.19. The highest BCUT2D eigenvalue weighted by molar-refractivity contribution is 5.98. The number of methoxy groups -OCH3 is 1. The molecule has 1 aromatic carbocycles. The van der Waals surface area contributed by atoms with Gasteiger partial charge < -0.3 is 10.1 Å². The Labute approximate surface area is 149 Å². The van der Waals surface area contributed by atoms with Crippen LogP contribution in [0.3, 0.4) is 0 Å². The fourth-order valence-electron chi connectivity index (χ4n) is 2.93. The molecule has 4 rings (SSSR count). The Morgan fingerprint density at radius 1 is 1.15 bits per heavy atom. The van der Waals surface area contributed by atoms with Crippen LogP contribution in [0.4, 0.5) is 0 Å². The molecule has 0 fully saturated rings. The first-order valence-electron chi connectivity index (χ1n) is 8.21. The Bertz CT molecular complexity index is 1110. The Balaban J connectivity index is 1.64. The van der Waals surface area contributed by atoms with Crippen molar-refractivity contribution in [2.45, 2.75) is 13.0 Å². The SMILES string of the molecule is COc1nc(C(=O)NC(C)c2nnc3ccccn23)cc2ccccc12. The Kier molecular flexibility index (Phi) is 3.96. The van der Waals surface area contributed by atoms with Crippen LogP contribution in [0.5, 0.6) is 5.88 Å². The fraction of sp³-hybridized carbons (Fsp3) is 0.158. The number of amides is 1. The molecular weight excluding hydrogens is 330 g/mol. The second-order valence-corrected chi connectivity index (χ2v) is 5.92. The molecule has 26 heavy (non-hydrogen) atoms. The summed E-state index contributed by atoms with van der Waals surface area (Å²) >= 11 is 0. The van der Waals surface area contributed by atoms with E-state index in [0.717, 1.165) is 16.4 Å². The van der Waals surface area contributed by atoms with Crippen LogP contribution in [-0.2, 0) is 0 Å². The molecule has 1 amide bonds. The summed E-state index contributed by atoms with van der Waals surface area (Å²) in [5.41, 5.74) is 1.02. The van der Waals surface area contributed by atoms with Gasteiger partial charge in [-0.1, -0.05) is 24.3 Å². The van der Waals surface area contributed by atoms with E-state index in [9.17, 15) is 4.79 Å². The van der Waals surface area contributed by atoms with Gasteiger partial charge in [0.05, 0.1) is 13.2 Å². The molecule has 0 radical (unpaired) electrons. The van der Waals surface area contributed by atoms with Crippen molar-refractivity contribution in [1.82, 2.24) is 24.9 Å². The smallest absolute Gasteiger partial charge is 0.270 e. The van der Waals surface area contributed by atoms with E-state index in [0.29, 0.717) is 17.4 Å². The summed E-state index contributed by atoms with van der Waals surface area (Å²) in [5, 5.41) is 13.0. The number of ether oxygens (including phenoxy) is 1. The highest BCUT2D eigenvalue weighted by Crippen LogP contribution is 2.24. The second kappa shape index (κ2) is 6.44. The van der Waals surface area contributed by atoms with Gasteiger partial charge in [-0.15, -0.1) is 10.2 Å². The molecule has 0 aliphatic heterocycles. The number of nitrogens with one attached hydrogen (secondary N) is 1. The number of carbonyl (C=O) groups excluding carboxylic acids is 1. The summed E-state index contributed by atoms with van der Waals surface area (Å²) in [7, 11) is 1.54. The number of pyridine rings is 2. The van der Waals surface area contributed by atoms with Gasteiger partial charge >= 0.3 is 0 Å². The van der Waals surface area contributed by atoms with Gasteiger partial charge in [0, 0.05) is 11.6 Å². The van der Waals surface area contributed by atoms with Crippen LogP contribution in [0.15, 0.2) is 54.7 Å². The topological polar surface area (TPSA) is 81.4 Å². The van der Waals surface area contributed by atoms with Gasteiger partial charge in [0.25, 0.3) is 5.91 Å². The highest BCUT2D eigenvalue weighted by atomic mass is 16.5. The van der Waals surface area contributed by atoms with Crippen LogP contribution in [0.2, 0.25) is 0 Å². The summed E-state index contributed by atoms with van der Waals surface area (Å²) in [4.78, 5) is 17.1. The largest absolute Gasteiger partial charge is 0.481 e. The van der Waals surface area contributed by atoms with Gasteiger partial charge in [0.15, 0.2) is 11.5 Å². The molecule has 0 bridgehead atoms. The average Bonchev–Trinajstić information content (AvgIpc) is 3.11. The van der Waals surface area contributed by atoms with Gasteiger partial charge in [-0.25, -0.2) is 4.98 Å². The van der Waals surface area contributed by atoms with E-state index in [2.05, 4.69) is 20.5 Å². The lowest BCUT2D eigenvalue weighted by Gasteiger charge is -2.13. The van der Waals surface area contributed by atoms with Gasteiger partial charge in [-0.2, -0.15) is 0 Å². The molecule has 7 nitrogen and oxygen atoms in total. The normalized spacial score (nSPS) is 12.2. The standard InChI is InChI=1S/C19H17N5O2/c1-12(17-23-22-16-9-5-6-10-24(16)17)20-18(25)15-11-13-7-3-4-8-14(13)19(21-15)26-2/h3-12H,1-2H3,(H,20,25). The lowest BCUT2D eigenvalue weighted by atomic mass is 10.1. The maximum atomic E-state index is 12.7. The molecular formula is C19H17N5O2. The third kappa shape index (κ3) is 2.73. The number of carbonyl (C=O) groups is 1. The number of nitrogens with zero attached hydrogens (tertiary/aromatic N) is 4. The quantitative estimate of drug-likeness (QED) is 0.614. The molecule has 0 aliphatic carbocycles. The van der Waals surface area contributed by atoms with Crippen LogP contribution in [-0.4, -0.2) is 32.6 Å². The van der Waals surface area contributed by atoms with E-state index >= 15 is 0 Å². The average molecular weight is 347 g/mol. The van der Waals surface area contributed by atoms with Gasteiger partial charge in [-0.3, -0.25) is 9.20 Å². The monoisotopic (exact) mass is 347 g/mol. The number of aromatic nitrogens is 4. The van der Waals surface area contributed by atoms with E-state index in [1.54, 1.807) is 13.2 Å². The van der Waals surface area contributed by atoms with Gasteiger partial charge in [0.1, 0.15) is 5.69 Å². The second-order valence-electron chi connectivity index (χ2n) is 5.92. The predicted octanol–water partition coefficient (Wildman–Crippen LogP) is 2.78. The molecule has 3 aromatic heterocycles. The molecule has 0 saturated heterocycles. The molecule has 7 heteroatoms. The first kappa shape index (κ1) is 16.0. The molecule has 4 aromatic rings. The number of hydrogen-bond acceptors (Lipinski definition) is 5. The first-order chi connectivity index (χ1) is 12.7. The molecule has 0 saturated carbocycles. The minimum absolute atomic E-state index is 0.293. The van der Waals surface area contributed by atoms with Crippen LogP contribution in [0.25, 0.3) is 16.4 Å². The Morgan fingerprint density at radius 2 is 1.96 bits per heavy atom. The maximum Gasteiger partial charge on any atom is 0.270 e. The van der Waals surface area contributed by atoms with E-state index in [-0.39, 0.29) is 11.9 Å². The van der Waals surface area contributed by atoms with Gasteiger partial charge in [0.2, 0.25) is 5.88 Å². The van der Waals surface area contributed by atoms with Crippen LogP contribution < -0.4 is 10.1 Å². The number of fused-ring (bicyclic) bond motifs is 2. The van der Waals surface area contributed by atoms with Crippen LogP contribution in [0.1, 0.15) is 29.3 Å². The van der Waals surface area contributed by atoms with E-state index in [1.165, 1.54) is 0 Å². The molecule has 130 valence electrons.